The van der Waals surface area contributed by atoms with Crippen molar-refractivity contribution in [3.05, 3.63) is 17.8 Å². The van der Waals surface area contributed by atoms with E-state index in [1.807, 2.05) is 0 Å². The number of piperidine rings is 1. The molecule has 3 atom stereocenters. The predicted molar refractivity (Wildman–Crippen MR) is 64.6 cm³/mol. The first-order chi connectivity index (χ1) is 9.50. The number of rotatable bonds is 4. The van der Waals surface area contributed by atoms with Crippen LogP contribution in [0.3, 0.4) is 0 Å². The van der Waals surface area contributed by atoms with E-state index in [9.17, 15) is 13.2 Å². The highest BCUT2D eigenvalue weighted by atomic mass is 19.4. The Bertz CT molecular complexity index is 497. The molecule has 7 heteroatoms. The number of fused-ring (bicyclic) bond motifs is 1. The summed E-state index contributed by atoms with van der Waals surface area (Å²) in [5, 5.41) is 3.28. The van der Waals surface area contributed by atoms with E-state index in [4.69, 9.17) is 9.47 Å². The molecule has 3 rings (SSSR count). The van der Waals surface area contributed by atoms with E-state index in [2.05, 4.69) is 10.3 Å². The maximum Gasteiger partial charge on any atom is 0.418 e. The Labute approximate surface area is 114 Å². The van der Waals surface area contributed by atoms with Gasteiger partial charge in [-0.05, 0) is 31.0 Å². The number of hydrogen-bond acceptors (Lipinski definition) is 4. The summed E-state index contributed by atoms with van der Waals surface area (Å²) < 4.78 is 48.2. The highest BCUT2D eigenvalue weighted by Crippen LogP contribution is 2.48. The second-order valence-corrected chi connectivity index (χ2v) is 5.19. The number of nitrogens with zero attached hydrogens (tertiary/aromatic N) is 1. The normalized spacial score (nSPS) is 28.1. The zero-order valence-corrected chi connectivity index (χ0v) is 10.9. The van der Waals surface area contributed by atoms with Gasteiger partial charge in [-0.25, -0.2) is 4.98 Å². The van der Waals surface area contributed by atoms with Crippen molar-refractivity contribution >= 4 is 0 Å². The van der Waals surface area contributed by atoms with Gasteiger partial charge in [0.15, 0.2) is 5.75 Å². The van der Waals surface area contributed by atoms with Gasteiger partial charge < -0.3 is 14.8 Å². The average molecular weight is 288 g/mol. The van der Waals surface area contributed by atoms with Crippen LogP contribution in [0.15, 0.2) is 12.3 Å². The minimum atomic E-state index is -4.43. The summed E-state index contributed by atoms with van der Waals surface area (Å²) in [6.07, 6.45) is -3.66. The van der Waals surface area contributed by atoms with Crippen LogP contribution >= 0.6 is 0 Å². The highest BCUT2D eigenvalue weighted by Gasteiger charge is 2.53. The quantitative estimate of drug-likeness (QED) is 0.919. The topological polar surface area (TPSA) is 43.4 Å². The third-order valence-corrected chi connectivity index (χ3v) is 4.05. The van der Waals surface area contributed by atoms with Gasteiger partial charge in [-0.3, -0.25) is 0 Å². The lowest BCUT2D eigenvalue weighted by Crippen LogP contribution is -2.18. The van der Waals surface area contributed by atoms with Crippen LogP contribution in [0.5, 0.6) is 11.6 Å². The molecule has 110 valence electrons. The van der Waals surface area contributed by atoms with Crippen molar-refractivity contribution in [2.45, 2.75) is 6.18 Å². The van der Waals surface area contributed by atoms with E-state index in [-0.39, 0.29) is 11.6 Å². The molecule has 20 heavy (non-hydrogen) atoms. The van der Waals surface area contributed by atoms with E-state index in [0.29, 0.717) is 24.4 Å². The van der Waals surface area contributed by atoms with Crippen molar-refractivity contribution < 1.29 is 22.6 Å². The smallest absolute Gasteiger partial charge is 0.418 e. The molecule has 0 unspecified atom stereocenters. The summed E-state index contributed by atoms with van der Waals surface area (Å²) in [6.45, 7) is 2.47. The summed E-state index contributed by atoms with van der Waals surface area (Å²) in [6, 6.07) is 0.914. The third kappa shape index (κ3) is 2.42. The Balaban J connectivity index is 1.67. The molecule has 0 radical (unpaired) electrons. The molecule has 1 aromatic heterocycles. The Morgan fingerprint density at radius 3 is 2.65 bits per heavy atom. The molecule has 0 spiro atoms. The minimum absolute atomic E-state index is 0.0174. The Morgan fingerprint density at radius 2 is 2.05 bits per heavy atom. The van der Waals surface area contributed by atoms with E-state index in [1.165, 1.54) is 7.11 Å². The van der Waals surface area contributed by atoms with Crippen LogP contribution in [-0.4, -0.2) is 31.8 Å². The lowest BCUT2D eigenvalue weighted by Gasteiger charge is -2.13. The molecule has 1 aliphatic carbocycles. The zero-order chi connectivity index (χ0) is 14.3. The van der Waals surface area contributed by atoms with Crippen LogP contribution in [0.25, 0.3) is 0 Å². The Kier molecular flexibility index (Phi) is 3.24. The highest BCUT2D eigenvalue weighted by molar-refractivity contribution is 5.37. The minimum Gasteiger partial charge on any atom is -0.491 e. The van der Waals surface area contributed by atoms with Crippen molar-refractivity contribution in [3.8, 4) is 11.6 Å². The molecule has 1 N–H and O–H groups in total. The lowest BCUT2D eigenvalue weighted by molar-refractivity contribution is -0.138. The van der Waals surface area contributed by atoms with Crippen molar-refractivity contribution in [2.75, 3.05) is 26.8 Å². The molecular weight excluding hydrogens is 273 g/mol. The number of methoxy groups -OCH3 is 1. The summed E-state index contributed by atoms with van der Waals surface area (Å²) in [7, 11) is 1.31. The fourth-order valence-corrected chi connectivity index (χ4v) is 2.81. The number of halogens is 3. The number of pyridine rings is 1. The Hall–Kier alpha value is -1.50. The predicted octanol–water partition coefficient (Wildman–Crippen LogP) is 1.95. The van der Waals surface area contributed by atoms with Crippen LogP contribution in [-0.2, 0) is 6.18 Å². The van der Waals surface area contributed by atoms with Gasteiger partial charge >= 0.3 is 6.18 Å². The van der Waals surface area contributed by atoms with Gasteiger partial charge in [0.2, 0.25) is 0 Å². The Morgan fingerprint density at radius 1 is 1.35 bits per heavy atom. The third-order valence-electron chi connectivity index (χ3n) is 4.05. The summed E-state index contributed by atoms with van der Waals surface area (Å²) in [4.78, 5) is 3.73. The van der Waals surface area contributed by atoms with Crippen LogP contribution < -0.4 is 14.8 Å². The van der Waals surface area contributed by atoms with Crippen molar-refractivity contribution in [1.29, 1.82) is 0 Å². The first kappa shape index (κ1) is 13.5. The van der Waals surface area contributed by atoms with Gasteiger partial charge in [0, 0.05) is 12.1 Å². The van der Waals surface area contributed by atoms with Crippen LogP contribution in [0.4, 0.5) is 13.2 Å². The molecule has 0 amide bonds. The SMILES string of the molecule is COc1cc(C(F)(F)F)cnc1OC[C@H]1[C@@H]2CNC[C@@H]21. The summed E-state index contributed by atoms with van der Waals surface area (Å²) in [5.41, 5.74) is -0.839. The lowest BCUT2D eigenvalue weighted by atomic mass is 10.2. The van der Waals surface area contributed by atoms with E-state index >= 15 is 0 Å². The maximum absolute atomic E-state index is 12.6. The van der Waals surface area contributed by atoms with Crippen molar-refractivity contribution in [1.82, 2.24) is 10.3 Å². The van der Waals surface area contributed by atoms with Gasteiger partial charge in [-0.1, -0.05) is 0 Å². The molecule has 0 aromatic carbocycles. The molecule has 1 saturated carbocycles. The van der Waals surface area contributed by atoms with E-state index in [0.717, 1.165) is 25.4 Å². The van der Waals surface area contributed by atoms with Crippen LogP contribution in [0.2, 0.25) is 0 Å². The molecular formula is C13H15F3N2O2. The standard InChI is InChI=1S/C13H15F3N2O2/c1-19-11-2-7(13(14,15)16)3-18-12(11)20-6-10-8-4-17-5-9(8)10/h2-3,8-10,17H,4-6H2,1H3/t8-,9+,10+. The molecule has 2 heterocycles. The van der Waals surface area contributed by atoms with Gasteiger partial charge in [-0.2, -0.15) is 13.2 Å². The van der Waals surface area contributed by atoms with Gasteiger partial charge in [0.1, 0.15) is 0 Å². The number of hydrogen-bond donors (Lipinski definition) is 1. The largest absolute Gasteiger partial charge is 0.491 e. The molecule has 4 nitrogen and oxygen atoms in total. The van der Waals surface area contributed by atoms with E-state index < -0.39 is 11.7 Å². The second kappa shape index (κ2) is 4.80. The van der Waals surface area contributed by atoms with Crippen LogP contribution in [0.1, 0.15) is 5.56 Å². The summed E-state index contributed by atoms with van der Waals surface area (Å²) >= 11 is 0. The fourth-order valence-electron chi connectivity index (χ4n) is 2.81. The molecule has 1 aromatic rings. The van der Waals surface area contributed by atoms with Crippen molar-refractivity contribution in [3.63, 3.8) is 0 Å². The monoisotopic (exact) mass is 288 g/mol. The number of nitrogens with one attached hydrogen (secondary N) is 1. The van der Waals surface area contributed by atoms with Gasteiger partial charge in [0.05, 0.1) is 19.3 Å². The molecule has 2 aliphatic rings. The number of aromatic nitrogens is 1. The number of ether oxygens (including phenoxy) is 2. The zero-order valence-electron chi connectivity index (χ0n) is 10.9. The number of alkyl halides is 3. The second-order valence-electron chi connectivity index (χ2n) is 5.19. The van der Waals surface area contributed by atoms with Gasteiger partial charge in [-0.15, -0.1) is 0 Å². The molecule has 2 fully saturated rings. The molecule has 1 aliphatic heterocycles. The van der Waals surface area contributed by atoms with Gasteiger partial charge in [0.25, 0.3) is 5.88 Å². The molecule has 1 saturated heterocycles. The summed E-state index contributed by atoms with van der Waals surface area (Å²) in [5.74, 6) is 1.89. The first-order valence-electron chi connectivity index (χ1n) is 6.45. The maximum atomic E-state index is 12.6. The van der Waals surface area contributed by atoms with E-state index in [1.54, 1.807) is 0 Å². The fraction of sp³-hybridized carbons (Fsp3) is 0.615. The van der Waals surface area contributed by atoms with Crippen molar-refractivity contribution in [2.24, 2.45) is 17.8 Å². The first-order valence-corrected chi connectivity index (χ1v) is 6.45. The molecule has 0 bridgehead atoms. The average Bonchev–Trinajstić information content (AvgIpc) is 2.83. The van der Waals surface area contributed by atoms with Crippen LogP contribution in [0, 0.1) is 17.8 Å².